The molecule has 5 rings (SSSR count). The third-order valence-corrected chi connectivity index (χ3v) is 6.51. The van der Waals surface area contributed by atoms with Crippen molar-refractivity contribution in [2.75, 3.05) is 0 Å². The van der Waals surface area contributed by atoms with Gasteiger partial charge in [-0.1, -0.05) is 24.3 Å². The highest BCUT2D eigenvalue weighted by molar-refractivity contribution is 6.29. The number of rotatable bonds is 2. The number of nitriles is 1. The summed E-state index contributed by atoms with van der Waals surface area (Å²) >= 11 is 0. The van der Waals surface area contributed by atoms with Gasteiger partial charge in [0.25, 0.3) is 0 Å². The Kier molecular flexibility index (Phi) is 7.94. The summed E-state index contributed by atoms with van der Waals surface area (Å²) in [5.41, 5.74) is -15.1. The molecule has 1 aliphatic rings. The second-order valence-electron chi connectivity index (χ2n) is 9.49. The highest BCUT2D eigenvalue weighted by atomic mass is 19.4. The number of fused-ring (bicyclic) bond motifs is 2. The van der Waals surface area contributed by atoms with Crippen LogP contribution in [0.3, 0.4) is 0 Å². The molecule has 48 heavy (non-hydrogen) atoms. The van der Waals surface area contributed by atoms with E-state index in [0.717, 1.165) is 0 Å². The van der Waals surface area contributed by atoms with Crippen LogP contribution >= 0.6 is 0 Å². The first-order valence-corrected chi connectivity index (χ1v) is 12.5. The fourth-order valence-corrected chi connectivity index (χ4v) is 4.49. The topological polar surface area (TPSA) is 104 Å². The summed E-state index contributed by atoms with van der Waals surface area (Å²) in [7, 11) is 0. The van der Waals surface area contributed by atoms with E-state index >= 15 is 0 Å². The van der Waals surface area contributed by atoms with Crippen molar-refractivity contribution in [2.24, 2.45) is 10.1 Å². The normalized spacial score (nSPS) is 15.1. The van der Waals surface area contributed by atoms with Crippen LogP contribution in [0.1, 0.15) is 45.3 Å². The van der Waals surface area contributed by atoms with Gasteiger partial charge in [-0.3, -0.25) is 0 Å². The van der Waals surface area contributed by atoms with Crippen molar-refractivity contribution < 1.29 is 52.7 Å². The summed E-state index contributed by atoms with van der Waals surface area (Å²) in [6, 6.07) is 4.24. The summed E-state index contributed by atoms with van der Waals surface area (Å²) < 4.78 is 164. The molecule has 0 fully saturated rings. The van der Waals surface area contributed by atoms with Crippen molar-refractivity contribution in [3.8, 4) is 28.7 Å². The van der Waals surface area contributed by atoms with Gasteiger partial charge < -0.3 is 0 Å². The van der Waals surface area contributed by atoms with Gasteiger partial charge in [-0.2, -0.15) is 69.5 Å². The van der Waals surface area contributed by atoms with Crippen LogP contribution in [0.15, 0.2) is 58.6 Å². The molecule has 0 amide bonds. The molecule has 0 saturated heterocycles. The standard InChI is InChI=1S/C28H8F12N8/c1-42-48-22-20-19(46-23(27(35,36)37)16(45-20)12-4-8-14(9-5-12)26(32,33)34)17(43-10-41)18-21(22)47-24(28(38,39)40)15(44-18)11-2-6-13(7-3-11)25(29,30)31/h2-9H/b43-17?,48-22-. The molecule has 0 atom stereocenters. The molecule has 244 valence electrons. The monoisotopic (exact) mass is 684 g/mol. The maximum atomic E-state index is 14.3. The van der Waals surface area contributed by atoms with Crippen molar-refractivity contribution in [2.45, 2.75) is 24.7 Å². The predicted molar refractivity (Wildman–Crippen MR) is 138 cm³/mol. The Morgan fingerprint density at radius 1 is 0.521 bits per heavy atom. The van der Waals surface area contributed by atoms with Crippen molar-refractivity contribution in [3.05, 3.63) is 105 Å². The van der Waals surface area contributed by atoms with E-state index in [1.54, 1.807) is 0 Å². The lowest BCUT2D eigenvalue weighted by atomic mass is 9.93. The Hall–Kier alpha value is -5.92. The summed E-state index contributed by atoms with van der Waals surface area (Å²) in [5.74, 6) is 0. The molecule has 0 aliphatic heterocycles. The molecule has 0 unspecified atom stereocenters. The van der Waals surface area contributed by atoms with E-state index in [9.17, 15) is 57.9 Å². The number of hydrogen-bond donors (Lipinski definition) is 0. The highest BCUT2D eigenvalue weighted by Crippen LogP contribution is 2.41. The third kappa shape index (κ3) is 6.11. The zero-order valence-electron chi connectivity index (χ0n) is 22.7. The summed E-state index contributed by atoms with van der Waals surface area (Å²) in [6.07, 6.45) is -19.3. The lowest BCUT2D eigenvalue weighted by Gasteiger charge is -2.23. The van der Waals surface area contributed by atoms with Crippen LogP contribution in [0.2, 0.25) is 0 Å². The maximum Gasteiger partial charge on any atom is 0.435 e. The van der Waals surface area contributed by atoms with Gasteiger partial charge in [0.1, 0.15) is 39.9 Å². The van der Waals surface area contributed by atoms with E-state index < -0.39 is 104 Å². The van der Waals surface area contributed by atoms with Gasteiger partial charge in [-0.05, 0) is 24.3 Å². The number of benzene rings is 2. The summed E-state index contributed by atoms with van der Waals surface area (Å²) in [5, 5.41) is 12.7. The van der Waals surface area contributed by atoms with Crippen LogP contribution < -0.4 is 0 Å². The molecule has 2 aromatic carbocycles. The van der Waals surface area contributed by atoms with Crippen molar-refractivity contribution in [3.63, 3.8) is 0 Å². The smallest absolute Gasteiger partial charge is 0.241 e. The first-order valence-electron chi connectivity index (χ1n) is 12.5. The zero-order chi connectivity index (χ0) is 35.4. The number of aliphatic imine (C=N–C) groups is 1. The SMILES string of the molecule is [C-]#[N+]/N=C1/c2nc(-c3ccc(C(F)(F)F)cc3)c(C(F)(F)F)nc2C(=NC#N)c2nc(-c3ccc(C(F)(F)F)cc3)c(C(F)(F)F)nc21. The Balaban J connectivity index is 1.84. The second-order valence-corrected chi connectivity index (χ2v) is 9.49. The maximum absolute atomic E-state index is 14.3. The molecule has 0 bridgehead atoms. The molecule has 0 spiro atoms. The second kappa shape index (κ2) is 11.4. The van der Waals surface area contributed by atoms with Crippen LogP contribution in [-0.2, 0) is 24.7 Å². The van der Waals surface area contributed by atoms with Crippen LogP contribution in [0, 0.1) is 18.0 Å². The Bertz CT molecular complexity index is 1930. The van der Waals surface area contributed by atoms with Gasteiger partial charge in [0.15, 0.2) is 11.4 Å². The molecule has 0 saturated carbocycles. The first kappa shape index (κ1) is 33.4. The molecule has 4 aromatic rings. The van der Waals surface area contributed by atoms with E-state index in [1.165, 1.54) is 6.19 Å². The van der Waals surface area contributed by atoms with Gasteiger partial charge in [0.05, 0.1) is 16.2 Å². The number of aromatic nitrogens is 4. The minimum Gasteiger partial charge on any atom is -0.241 e. The molecule has 20 heteroatoms. The molecule has 0 N–H and O–H groups in total. The van der Waals surface area contributed by atoms with Gasteiger partial charge in [0.2, 0.25) is 11.9 Å². The van der Waals surface area contributed by atoms with E-state index in [2.05, 4.69) is 35.0 Å². The predicted octanol–water partition coefficient (Wildman–Crippen LogP) is 7.98. The number of hydrogen-bond acceptors (Lipinski definition) is 7. The fraction of sp³-hybridized carbons (Fsp3) is 0.143. The Labute approximate surface area is 258 Å². The van der Waals surface area contributed by atoms with Gasteiger partial charge in [0, 0.05) is 11.1 Å². The lowest BCUT2D eigenvalue weighted by Crippen LogP contribution is -2.31. The fourth-order valence-electron chi connectivity index (χ4n) is 4.49. The molecular formula is C28H8F12N8. The largest absolute Gasteiger partial charge is 0.435 e. The number of halogens is 12. The quantitative estimate of drug-likeness (QED) is 0.0812. The van der Waals surface area contributed by atoms with Crippen molar-refractivity contribution in [1.82, 2.24) is 19.9 Å². The van der Waals surface area contributed by atoms with Crippen LogP contribution in [0.5, 0.6) is 0 Å². The number of nitrogens with zero attached hydrogens (tertiary/aromatic N) is 8. The lowest BCUT2D eigenvalue weighted by molar-refractivity contribution is -0.141. The molecule has 8 nitrogen and oxygen atoms in total. The number of alkyl halides is 12. The first-order chi connectivity index (χ1) is 22.3. The minimum atomic E-state index is -5.38. The molecule has 1 aliphatic carbocycles. The van der Waals surface area contributed by atoms with Crippen LogP contribution in [-0.4, -0.2) is 31.4 Å². The Morgan fingerprint density at radius 2 is 0.875 bits per heavy atom. The van der Waals surface area contributed by atoms with E-state index in [0.29, 0.717) is 48.5 Å². The van der Waals surface area contributed by atoms with Crippen LogP contribution in [0.25, 0.3) is 27.5 Å². The van der Waals surface area contributed by atoms with E-state index in [4.69, 9.17) is 6.57 Å². The highest BCUT2D eigenvalue weighted by Gasteiger charge is 2.45. The van der Waals surface area contributed by atoms with Gasteiger partial charge >= 0.3 is 24.7 Å². The average Bonchev–Trinajstić information content (AvgIpc) is 3.00. The average molecular weight is 684 g/mol. The summed E-state index contributed by atoms with van der Waals surface area (Å²) in [6.45, 7) is 7.18. The van der Waals surface area contributed by atoms with Gasteiger partial charge in [-0.25, -0.2) is 19.9 Å². The minimum absolute atomic E-state index is 0.436. The van der Waals surface area contributed by atoms with Crippen molar-refractivity contribution in [1.29, 1.82) is 5.26 Å². The molecule has 2 heterocycles. The van der Waals surface area contributed by atoms with Gasteiger partial charge in [-0.15, -0.1) is 4.95 Å². The third-order valence-electron chi connectivity index (χ3n) is 6.51. The summed E-state index contributed by atoms with van der Waals surface area (Å²) in [4.78, 5) is 20.6. The zero-order valence-corrected chi connectivity index (χ0v) is 22.7. The van der Waals surface area contributed by atoms with E-state index in [-0.39, 0.29) is 0 Å². The molecule has 2 aromatic heterocycles. The molecule has 0 radical (unpaired) electrons. The van der Waals surface area contributed by atoms with E-state index in [1.807, 2.05) is 0 Å². The van der Waals surface area contributed by atoms with Crippen molar-refractivity contribution >= 4 is 11.4 Å². The van der Waals surface area contributed by atoms with Crippen LogP contribution in [0.4, 0.5) is 52.7 Å². The molecular weight excluding hydrogens is 676 g/mol. The Morgan fingerprint density at radius 3 is 1.21 bits per heavy atom.